The van der Waals surface area contributed by atoms with E-state index in [1.54, 1.807) is 6.20 Å². The van der Waals surface area contributed by atoms with Gasteiger partial charge in [0, 0.05) is 24.5 Å². The summed E-state index contributed by atoms with van der Waals surface area (Å²) >= 11 is 4.96. The second-order valence-corrected chi connectivity index (χ2v) is 3.44. The third-order valence-corrected chi connectivity index (χ3v) is 2.41. The Hall–Kier alpha value is -1.49. The zero-order valence-corrected chi connectivity index (χ0v) is 8.80. The molecule has 0 aliphatic carbocycles. The normalized spacial score (nSPS) is 10.4. The largest absolute Gasteiger partial charge is 0.330 e. The van der Waals surface area contributed by atoms with Crippen molar-refractivity contribution in [2.24, 2.45) is 7.05 Å². The van der Waals surface area contributed by atoms with Crippen LogP contribution in [0.4, 0.5) is 0 Å². The van der Waals surface area contributed by atoms with E-state index in [1.165, 1.54) is 0 Å². The van der Waals surface area contributed by atoms with Crippen LogP contribution in [0.1, 0.15) is 5.69 Å². The fourth-order valence-corrected chi connectivity index (χ4v) is 1.46. The second kappa shape index (κ2) is 3.34. The maximum Gasteiger partial charge on any atom is 0.197 e. The lowest BCUT2D eigenvalue weighted by molar-refractivity contribution is 0.740. The summed E-state index contributed by atoms with van der Waals surface area (Å²) in [5.74, 6) is 0. The van der Waals surface area contributed by atoms with Crippen LogP contribution in [0.2, 0.25) is 0 Å². The van der Waals surface area contributed by atoms with Gasteiger partial charge in [0.1, 0.15) is 0 Å². The fourth-order valence-electron chi connectivity index (χ4n) is 1.29. The van der Waals surface area contributed by atoms with Gasteiger partial charge in [-0.25, -0.2) is 4.98 Å². The van der Waals surface area contributed by atoms with E-state index < -0.39 is 0 Å². The molecule has 0 bridgehead atoms. The van der Waals surface area contributed by atoms with Gasteiger partial charge in [-0.1, -0.05) is 0 Å². The van der Waals surface area contributed by atoms with Gasteiger partial charge in [0.05, 0.1) is 11.9 Å². The van der Waals surface area contributed by atoms with Crippen LogP contribution in [-0.4, -0.2) is 19.7 Å². The molecule has 1 N–H and O–H groups in total. The highest BCUT2D eigenvalue weighted by atomic mass is 32.1. The SMILES string of the molecule is Cc1c(-c2ccnc(=S)[nH]2)cnn1C. The van der Waals surface area contributed by atoms with Gasteiger partial charge in [0.25, 0.3) is 0 Å². The summed E-state index contributed by atoms with van der Waals surface area (Å²) in [4.78, 5) is 6.96. The highest BCUT2D eigenvalue weighted by molar-refractivity contribution is 7.71. The maximum absolute atomic E-state index is 4.96. The minimum Gasteiger partial charge on any atom is -0.330 e. The van der Waals surface area contributed by atoms with Gasteiger partial charge in [-0.2, -0.15) is 5.10 Å². The average molecular weight is 206 g/mol. The second-order valence-electron chi connectivity index (χ2n) is 3.06. The van der Waals surface area contributed by atoms with Crippen LogP contribution in [0, 0.1) is 11.7 Å². The molecule has 2 aromatic rings. The van der Waals surface area contributed by atoms with Crippen LogP contribution in [0.25, 0.3) is 11.3 Å². The average Bonchev–Trinajstić information content (AvgIpc) is 2.48. The minimum atomic E-state index is 0.491. The van der Waals surface area contributed by atoms with Gasteiger partial charge < -0.3 is 4.98 Å². The number of hydrogen-bond donors (Lipinski definition) is 1. The van der Waals surface area contributed by atoms with Crippen LogP contribution in [0.3, 0.4) is 0 Å². The van der Waals surface area contributed by atoms with E-state index in [0.717, 1.165) is 17.0 Å². The number of hydrogen-bond acceptors (Lipinski definition) is 3. The third-order valence-electron chi connectivity index (χ3n) is 2.20. The smallest absolute Gasteiger partial charge is 0.197 e. The predicted octanol–water partition coefficient (Wildman–Crippen LogP) is 1.85. The lowest BCUT2D eigenvalue weighted by atomic mass is 10.2. The molecule has 72 valence electrons. The Balaban J connectivity index is 2.60. The van der Waals surface area contributed by atoms with Gasteiger partial charge in [0.15, 0.2) is 4.77 Å². The van der Waals surface area contributed by atoms with Crippen LogP contribution >= 0.6 is 12.2 Å². The molecule has 0 aliphatic rings. The molecule has 0 saturated carbocycles. The first kappa shape index (κ1) is 9.08. The summed E-state index contributed by atoms with van der Waals surface area (Å²) in [6, 6.07) is 1.89. The van der Waals surface area contributed by atoms with E-state index in [4.69, 9.17) is 12.2 Å². The van der Waals surface area contributed by atoms with E-state index >= 15 is 0 Å². The van der Waals surface area contributed by atoms with Gasteiger partial charge in [-0.05, 0) is 25.2 Å². The molecule has 0 saturated heterocycles. The minimum absolute atomic E-state index is 0.491. The Labute approximate surface area is 86.6 Å². The Kier molecular flexibility index (Phi) is 2.17. The van der Waals surface area contributed by atoms with E-state index in [-0.39, 0.29) is 0 Å². The van der Waals surface area contributed by atoms with Crippen molar-refractivity contribution in [3.8, 4) is 11.3 Å². The van der Waals surface area contributed by atoms with Crippen LogP contribution in [-0.2, 0) is 7.05 Å². The number of nitrogens with zero attached hydrogens (tertiary/aromatic N) is 3. The van der Waals surface area contributed by atoms with E-state index in [9.17, 15) is 0 Å². The third kappa shape index (κ3) is 1.46. The summed E-state index contributed by atoms with van der Waals surface area (Å²) in [7, 11) is 1.91. The predicted molar refractivity (Wildman–Crippen MR) is 56.4 cm³/mol. The molecule has 0 unspecified atom stereocenters. The van der Waals surface area contributed by atoms with Crippen molar-refractivity contribution >= 4 is 12.2 Å². The molecule has 0 aromatic carbocycles. The topological polar surface area (TPSA) is 46.5 Å². The Morgan fingerprint density at radius 1 is 1.50 bits per heavy atom. The molecule has 2 rings (SSSR count). The lowest BCUT2D eigenvalue weighted by Gasteiger charge is -1.99. The zero-order chi connectivity index (χ0) is 10.1. The molecular weight excluding hydrogens is 196 g/mol. The van der Waals surface area contributed by atoms with Crippen molar-refractivity contribution < 1.29 is 0 Å². The summed E-state index contributed by atoms with van der Waals surface area (Å²) in [5.41, 5.74) is 3.11. The molecule has 5 heteroatoms. The van der Waals surface area contributed by atoms with Crippen molar-refractivity contribution in [3.63, 3.8) is 0 Å². The van der Waals surface area contributed by atoms with Crippen molar-refractivity contribution in [1.29, 1.82) is 0 Å². The number of rotatable bonds is 1. The molecule has 0 aliphatic heterocycles. The molecule has 0 spiro atoms. The van der Waals surface area contributed by atoms with E-state index in [0.29, 0.717) is 4.77 Å². The summed E-state index contributed by atoms with van der Waals surface area (Å²) in [6.45, 7) is 2.01. The number of H-pyrrole nitrogens is 1. The van der Waals surface area contributed by atoms with Crippen LogP contribution in [0.15, 0.2) is 18.5 Å². The lowest BCUT2D eigenvalue weighted by Crippen LogP contribution is -1.93. The molecule has 0 fully saturated rings. The Morgan fingerprint density at radius 2 is 2.29 bits per heavy atom. The van der Waals surface area contributed by atoms with Gasteiger partial charge in [-0.15, -0.1) is 0 Å². The van der Waals surface area contributed by atoms with Crippen LogP contribution in [0.5, 0.6) is 0 Å². The van der Waals surface area contributed by atoms with Crippen LogP contribution < -0.4 is 0 Å². The Morgan fingerprint density at radius 3 is 2.86 bits per heavy atom. The molecule has 4 nitrogen and oxygen atoms in total. The van der Waals surface area contributed by atoms with Gasteiger partial charge in [-0.3, -0.25) is 4.68 Å². The highest BCUT2D eigenvalue weighted by Crippen LogP contribution is 2.19. The molecule has 0 amide bonds. The maximum atomic E-state index is 4.96. The molecule has 2 heterocycles. The molecule has 0 atom stereocenters. The number of aromatic amines is 1. The molecule has 2 aromatic heterocycles. The number of aryl methyl sites for hydroxylation is 1. The van der Waals surface area contributed by atoms with Crippen molar-refractivity contribution in [2.45, 2.75) is 6.92 Å². The molecular formula is C9H10N4S. The summed E-state index contributed by atoms with van der Waals surface area (Å²) < 4.78 is 2.32. The first-order chi connectivity index (χ1) is 6.68. The summed E-state index contributed by atoms with van der Waals surface area (Å²) in [6.07, 6.45) is 3.51. The summed E-state index contributed by atoms with van der Waals surface area (Å²) in [5, 5.41) is 4.16. The standard InChI is InChI=1S/C9H10N4S/c1-6-7(5-11-13(6)2)8-3-4-10-9(14)12-8/h3-5H,1-2H3,(H,10,12,14). The number of nitrogens with one attached hydrogen (secondary N) is 1. The van der Waals surface area contributed by atoms with Gasteiger partial charge in [0.2, 0.25) is 0 Å². The van der Waals surface area contributed by atoms with Gasteiger partial charge >= 0.3 is 0 Å². The van der Waals surface area contributed by atoms with Crippen molar-refractivity contribution in [3.05, 3.63) is 28.9 Å². The van der Waals surface area contributed by atoms with Crippen molar-refractivity contribution in [2.75, 3.05) is 0 Å². The van der Waals surface area contributed by atoms with Crippen molar-refractivity contribution in [1.82, 2.24) is 19.7 Å². The zero-order valence-electron chi connectivity index (χ0n) is 7.98. The molecule has 0 radical (unpaired) electrons. The monoisotopic (exact) mass is 206 g/mol. The Bertz CT molecular complexity index is 512. The quantitative estimate of drug-likeness (QED) is 0.724. The molecule has 14 heavy (non-hydrogen) atoms. The van der Waals surface area contributed by atoms with E-state index in [1.807, 2.05) is 30.9 Å². The number of aromatic nitrogens is 4. The highest BCUT2D eigenvalue weighted by Gasteiger charge is 2.05. The first-order valence-corrected chi connectivity index (χ1v) is 4.63. The fraction of sp³-hybridized carbons (Fsp3) is 0.222. The first-order valence-electron chi connectivity index (χ1n) is 4.23. The van der Waals surface area contributed by atoms with E-state index in [2.05, 4.69) is 15.1 Å².